The molecule has 0 unspecified atom stereocenters. The summed E-state index contributed by atoms with van der Waals surface area (Å²) in [5.74, 6) is 0.476. The number of hydrogen-bond acceptors (Lipinski definition) is 5. The fourth-order valence-corrected chi connectivity index (χ4v) is 4.16. The van der Waals surface area contributed by atoms with Crippen LogP contribution in [0.3, 0.4) is 0 Å². The molecule has 1 aromatic heterocycles. The maximum atomic E-state index is 12.2. The van der Waals surface area contributed by atoms with E-state index in [0.29, 0.717) is 10.2 Å². The third kappa shape index (κ3) is 5.75. The molecule has 0 spiro atoms. The molecule has 1 aromatic carbocycles. The third-order valence-corrected chi connectivity index (χ3v) is 5.91. The number of aryl methyl sites for hydroxylation is 1. The van der Waals surface area contributed by atoms with Crippen LogP contribution in [0.4, 0.5) is 0 Å². The number of carbonyl (C=O) groups is 1. The second kappa shape index (κ2) is 9.29. The Kier molecular flexibility index (Phi) is 7.34. The molecule has 1 amide bonds. The van der Waals surface area contributed by atoms with Crippen molar-refractivity contribution in [3.63, 3.8) is 0 Å². The van der Waals surface area contributed by atoms with Crippen LogP contribution in [0.1, 0.15) is 23.2 Å². The molecule has 2 rings (SSSR count). The number of pyridine rings is 1. The monoisotopic (exact) mass is 455 g/mol. The van der Waals surface area contributed by atoms with E-state index in [1.165, 1.54) is 12.1 Å². The summed E-state index contributed by atoms with van der Waals surface area (Å²) in [7, 11) is -2.06. The molecular weight excluding hydrogens is 434 g/mol. The molecule has 7 nitrogen and oxygen atoms in total. The van der Waals surface area contributed by atoms with Gasteiger partial charge in [-0.1, -0.05) is 22.0 Å². The van der Waals surface area contributed by atoms with Gasteiger partial charge in [0.25, 0.3) is 0 Å². The van der Waals surface area contributed by atoms with Gasteiger partial charge < -0.3 is 10.1 Å². The summed E-state index contributed by atoms with van der Waals surface area (Å²) >= 11 is 3.24. The predicted molar refractivity (Wildman–Crippen MR) is 106 cm³/mol. The summed E-state index contributed by atoms with van der Waals surface area (Å²) in [4.78, 5) is 16.5. The van der Waals surface area contributed by atoms with E-state index in [9.17, 15) is 13.2 Å². The second-order valence-corrected chi connectivity index (χ2v) is 8.61. The highest BCUT2D eigenvalue weighted by Gasteiger charge is 2.15. The summed E-state index contributed by atoms with van der Waals surface area (Å²) in [5, 5.41) is 2.75. The number of nitrogens with one attached hydrogen (secondary N) is 2. The van der Waals surface area contributed by atoms with Crippen molar-refractivity contribution in [3.8, 4) is 5.75 Å². The minimum absolute atomic E-state index is 0.00428. The number of benzene rings is 1. The Morgan fingerprint density at radius 1 is 1.30 bits per heavy atom. The van der Waals surface area contributed by atoms with Crippen LogP contribution in [0.15, 0.2) is 39.8 Å². The Morgan fingerprint density at radius 3 is 2.70 bits per heavy atom. The number of aromatic nitrogens is 1. The van der Waals surface area contributed by atoms with E-state index < -0.39 is 10.0 Å². The first-order chi connectivity index (χ1) is 12.7. The molecule has 0 aliphatic heterocycles. The largest absolute Gasteiger partial charge is 0.496 e. The maximum Gasteiger partial charge on any atom is 0.240 e. The lowest BCUT2D eigenvalue weighted by atomic mass is 10.1. The van der Waals surface area contributed by atoms with Crippen molar-refractivity contribution in [2.75, 3.05) is 13.7 Å². The second-order valence-electron chi connectivity index (χ2n) is 5.93. The molecule has 1 heterocycles. The van der Waals surface area contributed by atoms with Crippen LogP contribution in [0.2, 0.25) is 0 Å². The zero-order valence-electron chi connectivity index (χ0n) is 15.4. The third-order valence-electron chi connectivity index (χ3n) is 3.95. The smallest absolute Gasteiger partial charge is 0.240 e. The van der Waals surface area contributed by atoms with E-state index in [2.05, 4.69) is 31.0 Å². The molecule has 0 saturated carbocycles. The fourth-order valence-electron chi connectivity index (χ4n) is 2.54. The summed E-state index contributed by atoms with van der Waals surface area (Å²) in [6.07, 6.45) is 1.72. The van der Waals surface area contributed by atoms with E-state index >= 15 is 0 Å². The Hall–Kier alpha value is -1.97. The van der Waals surface area contributed by atoms with Crippen LogP contribution >= 0.6 is 15.9 Å². The Morgan fingerprint density at radius 2 is 2.04 bits per heavy atom. The summed E-state index contributed by atoms with van der Waals surface area (Å²) in [6, 6.07) is 6.37. The lowest BCUT2D eigenvalue weighted by molar-refractivity contribution is -0.121. The van der Waals surface area contributed by atoms with Crippen molar-refractivity contribution in [1.29, 1.82) is 0 Å². The van der Waals surface area contributed by atoms with E-state index in [4.69, 9.17) is 4.74 Å². The number of nitrogens with zero attached hydrogens (tertiary/aromatic N) is 1. The summed E-state index contributed by atoms with van der Waals surface area (Å²) < 4.78 is 32.8. The number of carbonyl (C=O) groups excluding carboxylic acids is 1. The Balaban J connectivity index is 1.87. The average Bonchev–Trinajstić information content (AvgIpc) is 2.61. The van der Waals surface area contributed by atoms with Gasteiger partial charge in [0.15, 0.2) is 0 Å². The molecule has 27 heavy (non-hydrogen) atoms. The van der Waals surface area contributed by atoms with Gasteiger partial charge in [0.2, 0.25) is 15.9 Å². The Labute approximate surface area is 167 Å². The first-order valence-electron chi connectivity index (χ1n) is 8.25. The van der Waals surface area contributed by atoms with Crippen molar-refractivity contribution in [1.82, 2.24) is 15.0 Å². The van der Waals surface area contributed by atoms with E-state index in [0.717, 1.165) is 16.9 Å². The number of amides is 1. The van der Waals surface area contributed by atoms with E-state index in [-0.39, 0.29) is 30.3 Å². The predicted octanol–water partition coefficient (Wildman–Crippen LogP) is 2.45. The van der Waals surface area contributed by atoms with Gasteiger partial charge in [0, 0.05) is 34.8 Å². The van der Waals surface area contributed by atoms with Crippen molar-refractivity contribution in [3.05, 3.63) is 51.8 Å². The lowest BCUT2D eigenvalue weighted by Crippen LogP contribution is -2.31. The molecule has 0 saturated heterocycles. The quantitative estimate of drug-likeness (QED) is 0.636. The fraction of sp³-hybridized carbons (Fsp3) is 0.333. The Bertz CT molecular complexity index is 932. The molecule has 9 heteroatoms. The number of sulfonamides is 1. The van der Waals surface area contributed by atoms with Gasteiger partial charge in [-0.2, -0.15) is 0 Å². The molecule has 0 aliphatic rings. The maximum absolute atomic E-state index is 12.2. The first kappa shape index (κ1) is 21.3. The SMILES string of the molecule is COc1c(C)cnc(CNC(=O)CCNS(=O)(=O)c2cccc(Br)c2)c1C. The van der Waals surface area contributed by atoms with Gasteiger partial charge in [0.05, 0.1) is 24.2 Å². The van der Waals surface area contributed by atoms with Crippen LogP contribution in [0.5, 0.6) is 5.75 Å². The zero-order valence-corrected chi connectivity index (χ0v) is 17.8. The minimum Gasteiger partial charge on any atom is -0.496 e. The lowest BCUT2D eigenvalue weighted by Gasteiger charge is -2.13. The molecule has 0 bridgehead atoms. The number of halogens is 1. The highest BCUT2D eigenvalue weighted by Crippen LogP contribution is 2.23. The molecule has 0 atom stereocenters. The standard InChI is InChI=1S/C18H22BrN3O4S/c1-12-10-20-16(13(2)18(12)26-3)11-21-17(23)7-8-22-27(24,25)15-6-4-5-14(19)9-15/h4-6,9-10,22H,7-8,11H2,1-3H3,(H,21,23). The highest BCUT2D eigenvalue weighted by molar-refractivity contribution is 9.10. The number of methoxy groups -OCH3 is 1. The molecule has 0 aliphatic carbocycles. The highest BCUT2D eigenvalue weighted by atomic mass is 79.9. The molecule has 2 aromatic rings. The van der Waals surface area contributed by atoms with Gasteiger partial charge in [-0.3, -0.25) is 9.78 Å². The summed E-state index contributed by atoms with van der Waals surface area (Å²) in [6.45, 7) is 4.04. The summed E-state index contributed by atoms with van der Waals surface area (Å²) in [5.41, 5.74) is 2.50. The molecule has 0 radical (unpaired) electrons. The minimum atomic E-state index is -3.65. The van der Waals surface area contributed by atoms with Gasteiger partial charge in [-0.05, 0) is 32.0 Å². The van der Waals surface area contributed by atoms with Crippen molar-refractivity contribution in [2.24, 2.45) is 0 Å². The first-order valence-corrected chi connectivity index (χ1v) is 10.5. The van der Waals surface area contributed by atoms with Crippen LogP contribution in [-0.4, -0.2) is 33.0 Å². The number of ether oxygens (including phenoxy) is 1. The number of rotatable bonds is 8. The normalized spacial score (nSPS) is 11.3. The van der Waals surface area contributed by atoms with Gasteiger partial charge in [-0.15, -0.1) is 0 Å². The number of hydrogen-bond donors (Lipinski definition) is 2. The van der Waals surface area contributed by atoms with Crippen LogP contribution in [0.25, 0.3) is 0 Å². The molecule has 2 N–H and O–H groups in total. The van der Waals surface area contributed by atoms with Crippen molar-refractivity contribution >= 4 is 31.9 Å². The molecule has 146 valence electrons. The molecule has 0 fully saturated rings. The van der Waals surface area contributed by atoms with E-state index in [1.54, 1.807) is 25.4 Å². The molecular formula is C18H22BrN3O4S. The van der Waals surface area contributed by atoms with Gasteiger partial charge >= 0.3 is 0 Å². The topological polar surface area (TPSA) is 97.4 Å². The average molecular weight is 456 g/mol. The van der Waals surface area contributed by atoms with E-state index in [1.807, 2.05) is 13.8 Å². The van der Waals surface area contributed by atoms with Gasteiger partial charge in [0.1, 0.15) is 5.75 Å². The van der Waals surface area contributed by atoms with Gasteiger partial charge in [-0.25, -0.2) is 13.1 Å². The van der Waals surface area contributed by atoms with Crippen LogP contribution in [0, 0.1) is 13.8 Å². The zero-order chi connectivity index (χ0) is 20.0. The van der Waals surface area contributed by atoms with Crippen LogP contribution < -0.4 is 14.8 Å². The van der Waals surface area contributed by atoms with Crippen LogP contribution in [-0.2, 0) is 21.4 Å². The van der Waals surface area contributed by atoms with Crippen molar-refractivity contribution in [2.45, 2.75) is 31.7 Å². The van der Waals surface area contributed by atoms with Crippen molar-refractivity contribution < 1.29 is 17.9 Å².